The van der Waals surface area contributed by atoms with E-state index in [0.717, 1.165) is 12.4 Å². The van der Waals surface area contributed by atoms with Crippen molar-refractivity contribution >= 4 is 34.8 Å². The van der Waals surface area contributed by atoms with Gasteiger partial charge in [0.05, 0.1) is 6.42 Å². The highest BCUT2D eigenvalue weighted by molar-refractivity contribution is 6.38. The minimum absolute atomic E-state index is 0.0297. The zero-order chi connectivity index (χ0) is 14.7. The Balaban J connectivity index is 2.13. The second kappa shape index (κ2) is 6.11. The number of amides is 1. The van der Waals surface area contributed by atoms with Crippen molar-refractivity contribution < 1.29 is 13.6 Å². The number of benzene rings is 1. The lowest BCUT2D eigenvalue weighted by molar-refractivity contribution is -0.115. The first-order valence-electron chi connectivity index (χ1n) is 5.37. The molecule has 0 saturated carbocycles. The lowest BCUT2D eigenvalue weighted by Crippen LogP contribution is -2.16. The van der Waals surface area contributed by atoms with Crippen molar-refractivity contribution in [3.63, 3.8) is 0 Å². The Morgan fingerprint density at radius 1 is 1.20 bits per heavy atom. The largest absolute Gasteiger partial charge is 0.321 e. The van der Waals surface area contributed by atoms with Crippen LogP contribution in [0.3, 0.4) is 0 Å². The molecule has 2 aromatic rings. The minimum atomic E-state index is -0.804. The summed E-state index contributed by atoms with van der Waals surface area (Å²) in [6.45, 7) is 0. The lowest BCUT2D eigenvalue weighted by atomic mass is 10.1. The van der Waals surface area contributed by atoms with E-state index >= 15 is 0 Å². The van der Waals surface area contributed by atoms with Crippen molar-refractivity contribution in [2.45, 2.75) is 6.42 Å². The van der Waals surface area contributed by atoms with Gasteiger partial charge in [-0.25, -0.2) is 18.7 Å². The average molecular weight is 318 g/mol. The van der Waals surface area contributed by atoms with Crippen LogP contribution in [0.5, 0.6) is 0 Å². The molecule has 1 aromatic heterocycles. The highest BCUT2D eigenvalue weighted by Crippen LogP contribution is 2.25. The molecular weight excluding hydrogens is 311 g/mol. The molecule has 0 aliphatic rings. The van der Waals surface area contributed by atoms with E-state index in [-0.39, 0.29) is 28.0 Å². The third kappa shape index (κ3) is 3.40. The van der Waals surface area contributed by atoms with Crippen LogP contribution in [0, 0.1) is 11.6 Å². The maximum absolute atomic E-state index is 13.4. The average Bonchev–Trinajstić information content (AvgIpc) is 2.37. The molecule has 0 unspecified atom stereocenters. The van der Waals surface area contributed by atoms with Crippen molar-refractivity contribution in [3.8, 4) is 0 Å². The molecule has 20 heavy (non-hydrogen) atoms. The second-order valence-corrected chi connectivity index (χ2v) is 4.51. The maximum Gasteiger partial charge on any atom is 0.229 e. The standard InChI is InChI=1S/C12H7Cl2F2N3O/c13-11-10(12(14)18-5-17-11)19-9(20)3-6-1-2-7(15)4-8(6)16/h1-2,4-5H,3H2,(H,19,20). The molecule has 1 heterocycles. The third-order valence-electron chi connectivity index (χ3n) is 2.39. The van der Waals surface area contributed by atoms with E-state index in [1.54, 1.807) is 0 Å². The van der Waals surface area contributed by atoms with Crippen LogP contribution >= 0.6 is 23.2 Å². The number of nitrogens with one attached hydrogen (secondary N) is 1. The van der Waals surface area contributed by atoms with E-state index < -0.39 is 17.5 Å². The number of halogens is 4. The van der Waals surface area contributed by atoms with Crippen LogP contribution in [-0.4, -0.2) is 15.9 Å². The van der Waals surface area contributed by atoms with Gasteiger partial charge in [0.2, 0.25) is 5.91 Å². The second-order valence-electron chi connectivity index (χ2n) is 3.79. The molecule has 104 valence electrons. The number of anilines is 1. The molecule has 0 atom stereocenters. The van der Waals surface area contributed by atoms with E-state index in [1.807, 2.05) is 0 Å². The maximum atomic E-state index is 13.4. The van der Waals surface area contributed by atoms with Crippen LogP contribution in [0.2, 0.25) is 10.3 Å². The first-order valence-corrected chi connectivity index (χ1v) is 6.12. The Labute approximate surface area is 122 Å². The van der Waals surface area contributed by atoms with Gasteiger partial charge in [-0.1, -0.05) is 29.3 Å². The number of carbonyl (C=O) groups excluding carboxylic acids is 1. The predicted octanol–water partition coefficient (Wildman–Crippen LogP) is 3.24. The fourth-order valence-electron chi connectivity index (χ4n) is 1.47. The Hall–Kier alpha value is -1.79. The summed E-state index contributed by atoms with van der Waals surface area (Å²) in [5.74, 6) is -2.09. The van der Waals surface area contributed by atoms with Gasteiger partial charge in [-0.2, -0.15) is 0 Å². The molecule has 0 aliphatic heterocycles. The summed E-state index contributed by atoms with van der Waals surface area (Å²) in [5, 5.41) is 2.32. The fourth-order valence-corrected chi connectivity index (χ4v) is 1.88. The molecule has 0 fully saturated rings. The summed E-state index contributed by atoms with van der Waals surface area (Å²) in [7, 11) is 0. The molecule has 0 aliphatic carbocycles. The van der Waals surface area contributed by atoms with Crippen molar-refractivity contribution in [2.75, 3.05) is 5.32 Å². The summed E-state index contributed by atoms with van der Waals surface area (Å²) in [6.07, 6.45) is 0.841. The first-order chi connectivity index (χ1) is 9.47. The SMILES string of the molecule is O=C(Cc1ccc(F)cc1F)Nc1c(Cl)ncnc1Cl. The van der Waals surface area contributed by atoms with Crippen LogP contribution in [-0.2, 0) is 11.2 Å². The first kappa shape index (κ1) is 14.6. The molecule has 0 spiro atoms. The molecule has 1 N–H and O–H groups in total. The van der Waals surface area contributed by atoms with Crippen molar-refractivity contribution in [1.82, 2.24) is 9.97 Å². The Morgan fingerprint density at radius 3 is 2.45 bits per heavy atom. The predicted molar refractivity (Wildman–Crippen MR) is 70.7 cm³/mol. The number of carbonyl (C=O) groups is 1. The topological polar surface area (TPSA) is 54.9 Å². The molecule has 1 amide bonds. The highest BCUT2D eigenvalue weighted by Gasteiger charge is 2.14. The number of rotatable bonds is 3. The number of nitrogens with zero attached hydrogens (tertiary/aromatic N) is 2. The van der Waals surface area contributed by atoms with Gasteiger partial charge in [0.1, 0.15) is 23.6 Å². The smallest absolute Gasteiger partial charge is 0.229 e. The lowest BCUT2D eigenvalue weighted by Gasteiger charge is -2.08. The Bertz CT molecular complexity index is 647. The molecule has 8 heteroatoms. The van der Waals surface area contributed by atoms with Gasteiger partial charge in [-0.15, -0.1) is 0 Å². The van der Waals surface area contributed by atoms with Crippen LogP contribution in [0.1, 0.15) is 5.56 Å². The molecular formula is C12H7Cl2F2N3O. The third-order valence-corrected chi connectivity index (χ3v) is 2.96. The van der Waals surface area contributed by atoms with E-state index in [0.29, 0.717) is 6.07 Å². The summed E-state index contributed by atoms with van der Waals surface area (Å²) in [6, 6.07) is 2.96. The van der Waals surface area contributed by atoms with Crippen LogP contribution in [0.15, 0.2) is 24.5 Å². The van der Waals surface area contributed by atoms with Gasteiger partial charge in [-0.3, -0.25) is 4.79 Å². The van der Waals surface area contributed by atoms with E-state index in [1.165, 1.54) is 6.07 Å². The monoisotopic (exact) mass is 317 g/mol. The van der Waals surface area contributed by atoms with Gasteiger partial charge in [0, 0.05) is 6.07 Å². The van der Waals surface area contributed by atoms with Crippen molar-refractivity contribution in [3.05, 3.63) is 52.0 Å². The van der Waals surface area contributed by atoms with E-state index in [2.05, 4.69) is 15.3 Å². The number of hydrogen-bond donors (Lipinski definition) is 1. The zero-order valence-corrected chi connectivity index (χ0v) is 11.3. The zero-order valence-electron chi connectivity index (χ0n) is 9.83. The van der Waals surface area contributed by atoms with E-state index in [9.17, 15) is 13.6 Å². The summed E-state index contributed by atoms with van der Waals surface area (Å²) in [4.78, 5) is 19.1. The molecule has 0 radical (unpaired) electrons. The molecule has 1 aromatic carbocycles. The van der Waals surface area contributed by atoms with Gasteiger partial charge in [-0.05, 0) is 11.6 Å². The van der Waals surface area contributed by atoms with Crippen LogP contribution in [0.4, 0.5) is 14.5 Å². The Kier molecular flexibility index (Phi) is 4.46. The van der Waals surface area contributed by atoms with Crippen LogP contribution in [0.25, 0.3) is 0 Å². The Morgan fingerprint density at radius 2 is 1.85 bits per heavy atom. The molecule has 0 bridgehead atoms. The van der Waals surface area contributed by atoms with Gasteiger partial charge in [0.25, 0.3) is 0 Å². The quantitative estimate of drug-likeness (QED) is 0.884. The van der Waals surface area contributed by atoms with Crippen LogP contribution < -0.4 is 5.32 Å². The number of aromatic nitrogens is 2. The molecule has 0 saturated heterocycles. The molecule has 2 rings (SSSR count). The summed E-state index contributed by atoms with van der Waals surface area (Å²) >= 11 is 11.5. The number of hydrogen-bond acceptors (Lipinski definition) is 3. The highest BCUT2D eigenvalue weighted by atomic mass is 35.5. The summed E-state index contributed by atoms with van der Waals surface area (Å²) < 4.78 is 26.2. The molecule has 4 nitrogen and oxygen atoms in total. The fraction of sp³-hybridized carbons (Fsp3) is 0.0833. The van der Waals surface area contributed by atoms with Crippen molar-refractivity contribution in [1.29, 1.82) is 0 Å². The normalized spacial score (nSPS) is 10.4. The van der Waals surface area contributed by atoms with Gasteiger partial charge < -0.3 is 5.32 Å². The van der Waals surface area contributed by atoms with Gasteiger partial charge >= 0.3 is 0 Å². The van der Waals surface area contributed by atoms with Gasteiger partial charge in [0.15, 0.2) is 10.3 Å². The minimum Gasteiger partial charge on any atom is -0.321 e. The summed E-state index contributed by atoms with van der Waals surface area (Å²) in [5.41, 5.74) is 0.0938. The van der Waals surface area contributed by atoms with Crippen molar-refractivity contribution in [2.24, 2.45) is 0 Å². The van der Waals surface area contributed by atoms with E-state index in [4.69, 9.17) is 23.2 Å².